The first kappa shape index (κ1) is 21.6. The number of carboxylic acid groups (broad SMARTS) is 2. The molecule has 0 unspecified atom stereocenters. The van der Waals surface area contributed by atoms with Gasteiger partial charge in [-0.2, -0.15) is 0 Å². The molecule has 1 aliphatic rings. The molecule has 0 aromatic rings. The van der Waals surface area contributed by atoms with Crippen molar-refractivity contribution >= 4 is 11.9 Å². The highest BCUT2D eigenvalue weighted by atomic mass is 16.5. The molecule has 0 aromatic heterocycles. The van der Waals surface area contributed by atoms with Crippen LogP contribution >= 0.6 is 0 Å². The summed E-state index contributed by atoms with van der Waals surface area (Å²) in [6.07, 6.45) is 5.14. The second-order valence-corrected chi connectivity index (χ2v) is 7.12. The molecule has 1 aliphatic heterocycles. The molecule has 1 rings (SSSR count). The molecule has 6 heteroatoms. The number of ether oxygens (including phenoxy) is 1. The zero-order valence-corrected chi connectivity index (χ0v) is 15.6. The molecule has 1 saturated heterocycles. The number of morpholine rings is 1. The molecule has 1 heterocycles. The van der Waals surface area contributed by atoms with Crippen LogP contribution in [0.3, 0.4) is 0 Å². The molecule has 0 spiro atoms. The summed E-state index contributed by atoms with van der Waals surface area (Å²) in [7, 11) is 0. The number of carbonyl (C=O) groups is 2. The number of rotatable bonds is 12. The molecule has 0 saturated carbocycles. The highest BCUT2D eigenvalue weighted by Gasteiger charge is 2.20. The van der Waals surface area contributed by atoms with Gasteiger partial charge in [-0.3, -0.25) is 4.90 Å². The van der Waals surface area contributed by atoms with Gasteiger partial charge in [-0.25, -0.2) is 9.59 Å². The second kappa shape index (κ2) is 12.0. The van der Waals surface area contributed by atoms with Gasteiger partial charge in [-0.1, -0.05) is 26.7 Å². The third-order valence-corrected chi connectivity index (χ3v) is 4.61. The van der Waals surface area contributed by atoms with E-state index < -0.39 is 11.9 Å². The standard InChI is InChI=1S/C19H33NO5/c1-15(2)8-9-17(19(23)24)16(18(21)22)7-5-3-4-6-10-20-11-13-25-14-12-20/h15H,3-14H2,1-2H3,(H,21,22)(H,23,24). The lowest BCUT2D eigenvalue weighted by Crippen LogP contribution is -2.36. The van der Waals surface area contributed by atoms with Crippen LogP contribution in [0.25, 0.3) is 0 Å². The Hall–Kier alpha value is -1.40. The topological polar surface area (TPSA) is 87.1 Å². The van der Waals surface area contributed by atoms with E-state index in [2.05, 4.69) is 4.90 Å². The van der Waals surface area contributed by atoms with E-state index in [0.717, 1.165) is 58.5 Å². The maximum Gasteiger partial charge on any atom is 0.332 e. The van der Waals surface area contributed by atoms with Gasteiger partial charge in [0.25, 0.3) is 0 Å². The van der Waals surface area contributed by atoms with Gasteiger partial charge in [-0.15, -0.1) is 0 Å². The smallest absolute Gasteiger partial charge is 0.332 e. The van der Waals surface area contributed by atoms with Crippen molar-refractivity contribution < 1.29 is 24.5 Å². The summed E-state index contributed by atoms with van der Waals surface area (Å²) in [5, 5.41) is 18.7. The number of hydrogen-bond acceptors (Lipinski definition) is 4. The molecule has 1 fully saturated rings. The van der Waals surface area contributed by atoms with E-state index in [0.29, 0.717) is 25.2 Å². The molecule has 144 valence electrons. The summed E-state index contributed by atoms with van der Waals surface area (Å²) in [6.45, 7) is 8.66. The Morgan fingerprint density at radius 2 is 1.48 bits per heavy atom. The Bertz CT molecular complexity index is 453. The minimum atomic E-state index is -1.09. The lowest BCUT2D eigenvalue weighted by Gasteiger charge is -2.26. The van der Waals surface area contributed by atoms with Crippen LogP contribution in [0.2, 0.25) is 0 Å². The van der Waals surface area contributed by atoms with Gasteiger partial charge < -0.3 is 14.9 Å². The van der Waals surface area contributed by atoms with Crippen LogP contribution in [-0.2, 0) is 14.3 Å². The highest BCUT2D eigenvalue weighted by Crippen LogP contribution is 2.21. The van der Waals surface area contributed by atoms with Crippen LogP contribution in [0.1, 0.15) is 58.8 Å². The highest BCUT2D eigenvalue weighted by molar-refractivity contribution is 5.98. The SMILES string of the molecule is CC(C)CCC(C(=O)O)=C(CCCCCCN1CCOCC1)C(=O)O. The normalized spacial score (nSPS) is 16.8. The minimum absolute atomic E-state index is 0.0783. The zero-order chi connectivity index (χ0) is 18.7. The van der Waals surface area contributed by atoms with E-state index in [4.69, 9.17) is 4.74 Å². The largest absolute Gasteiger partial charge is 0.478 e. The summed E-state index contributed by atoms with van der Waals surface area (Å²) >= 11 is 0. The maximum atomic E-state index is 11.5. The lowest BCUT2D eigenvalue weighted by molar-refractivity contribution is -0.136. The van der Waals surface area contributed by atoms with Crippen molar-refractivity contribution in [3.8, 4) is 0 Å². The second-order valence-electron chi connectivity index (χ2n) is 7.12. The van der Waals surface area contributed by atoms with Gasteiger partial charge in [-0.05, 0) is 44.6 Å². The Labute approximate surface area is 150 Å². The van der Waals surface area contributed by atoms with Gasteiger partial charge in [0.1, 0.15) is 0 Å². The Balaban J connectivity index is 2.38. The predicted molar refractivity (Wildman–Crippen MR) is 96.7 cm³/mol. The van der Waals surface area contributed by atoms with Crippen LogP contribution < -0.4 is 0 Å². The third-order valence-electron chi connectivity index (χ3n) is 4.61. The first-order valence-electron chi connectivity index (χ1n) is 9.40. The molecule has 0 amide bonds. The summed E-state index contributed by atoms with van der Waals surface area (Å²) in [6, 6.07) is 0. The monoisotopic (exact) mass is 355 g/mol. The van der Waals surface area contributed by atoms with Gasteiger partial charge in [0.05, 0.1) is 13.2 Å². The number of hydrogen-bond donors (Lipinski definition) is 2. The fourth-order valence-corrected chi connectivity index (χ4v) is 3.02. The van der Waals surface area contributed by atoms with Crippen LogP contribution in [0, 0.1) is 5.92 Å². The van der Waals surface area contributed by atoms with Crippen molar-refractivity contribution in [3.05, 3.63) is 11.1 Å². The van der Waals surface area contributed by atoms with E-state index in [1.165, 1.54) is 0 Å². The van der Waals surface area contributed by atoms with E-state index in [9.17, 15) is 19.8 Å². The van der Waals surface area contributed by atoms with Crippen molar-refractivity contribution in [2.45, 2.75) is 58.8 Å². The van der Waals surface area contributed by atoms with Gasteiger partial charge in [0.2, 0.25) is 0 Å². The zero-order valence-electron chi connectivity index (χ0n) is 15.6. The Morgan fingerprint density at radius 3 is 2.04 bits per heavy atom. The van der Waals surface area contributed by atoms with E-state index in [1.807, 2.05) is 13.8 Å². The maximum absolute atomic E-state index is 11.5. The van der Waals surface area contributed by atoms with Gasteiger partial charge >= 0.3 is 11.9 Å². The van der Waals surface area contributed by atoms with Crippen molar-refractivity contribution in [2.75, 3.05) is 32.8 Å². The summed E-state index contributed by atoms with van der Waals surface area (Å²) in [5.41, 5.74) is 0.163. The minimum Gasteiger partial charge on any atom is -0.478 e. The Morgan fingerprint density at radius 1 is 0.920 bits per heavy atom. The first-order valence-corrected chi connectivity index (χ1v) is 9.40. The molecule has 6 nitrogen and oxygen atoms in total. The van der Waals surface area contributed by atoms with Crippen molar-refractivity contribution in [2.24, 2.45) is 5.92 Å². The molecular formula is C19H33NO5. The van der Waals surface area contributed by atoms with Crippen LogP contribution in [0.5, 0.6) is 0 Å². The molecule has 0 bridgehead atoms. The van der Waals surface area contributed by atoms with Gasteiger partial charge in [0.15, 0.2) is 0 Å². The lowest BCUT2D eigenvalue weighted by atomic mass is 9.95. The summed E-state index contributed by atoms with van der Waals surface area (Å²) < 4.78 is 5.32. The fraction of sp³-hybridized carbons (Fsp3) is 0.789. The van der Waals surface area contributed by atoms with Crippen LogP contribution in [0.4, 0.5) is 0 Å². The molecule has 2 N–H and O–H groups in total. The van der Waals surface area contributed by atoms with E-state index >= 15 is 0 Å². The third kappa shape index (κ3) is 9.02. The molecule has 0 aromatic carbocycles. The first-order chi connectivity index (χ1) is 11.9. The van der Waals surface area contributed by atoms with E-state index in [-0.39, 0.29) is 11.1 Å². The fourth-order valence-electron chi connectivity index (χ4n) is 3.02. The number of aliphatic carboxylic acids is 2. The van der Waals surface area contributed by atoms with Crippen molar-refractivity contribution in [1.82, 2.24) is 4.90 Å². The van der Waals surface area contributed by atoms with Crippen LogP contribution in [-0.4, -0.2) is 59.9 Å². The number of carboxylic acids is 2. The number of nitrogens with zero attached hydrogens (tertiary/aromatic N) is 1. The van der Waals surface area contributed by atoms with Crippen molar-refractivity contribution in [3.63, 3.8) is 0 Å². The molecule has 0 atom stereocenters. The molecule has 0 radical (unpaired) electrons. The summed E-state index contributed by atoms with van der Waals surface area (Å²) in [5.74, 6) is -1.83. The summed E-state index contributed by atoms with van der Waals surface area (Å²) in [4.78, 5) is 25.3. The van der Waals surface area contributed by atoms with Gasteiger partial charge in [0, 0.05) is 24.2 Å². The quantitative estimate of drug-likeness (QED) is 0.413. The van der Waals surface area contributed by atoms with Crippen LogP contribution in [0.15, 0.2) is 11.1 Å². The molecule has 0 aliphatic carbocycles. The molecular weight excluding hydrogens is 322 g/mol. The average molecular weight is 355 g/mol. The molecule has 25 heavy (non-hydrogen) atoms. The average Bonchev–Trinajstić information content (AvgIpc) is 2.56. The van der Waals surface area contributed by atoms with Crippen molar-refractivity contribution in [1.29, 1.82) is 0 Å². The Kier molecular flexibility index (Phi) is 10.4. The predicted octanol–water partition coefficient (Wildman–Crippen LogP) is 3.17. The van der Waals surface area contributed by atoms with E-state index in [1.54, 1.807) is 0 Å². The number of unbranched alkanes of at least 4 members (excludes halogenated alkanes) is 3.